The highest BCUT2D eigenvalue weighted by atomic mass is 19.4. The molecule has 0 saturated carbocycles. The van der Waals surface area contributed by atoms with Crippen molar-refractivity contribution >= 4 is 11.7 Å². The first-order valence-corrected chi connectivity index (χ1v) is 5.64. The Morgan fingerprint density at radius 1 is 1.15 bits per heavy atom. The van der Waals surface area contributed by atoms with Crippen molar-refractivity contribution in [3.8, 4) is 0 Å². The molecular formula is C13H10F3N3O. The minimum absolute atomic E-state index is 0.0950. The lowest BCUT2D eigenvalue weighted by Gasteiger charge is -2.12. The van der Waals surface area contributed by atoms with Gasteiger partial charge in [-0.25, -0.2) is 4.98 Å². The standard InChI is InChI=1S/C13H10F3N3O/c1-8-6-18-11(7-17-8)19-12(20)9-4-2-3-5-10(9)13(14,15)16/h2-7H,1H3,(H,18,19,20). The van der Waals surface area contributed by atoms with Crippen LogP contribution in [0.4, 0.5) is 19.0 Å². The Morgan fingerprint density at radius 3 is 2.45 bits per heavy atom. The fourth-order valence-corrected chi connectivity index (χ4v) is 1.57. The molecule has 0 radical (unpaired) electrons. The van der Waals surface area contributed by atoms with Crippen molar-refractivity contribution in [2.24, 2.45) is 0 Å². The van der Waals surface area contributed by atoms with E-state index in [2.05, 4.69) is 15.3 Å². The average Bonchev–Trinajstić information content (AvgIpc) is 2.40. The molecule has 7 heteroatoms. The van der Waals surface area contributed by atoms with Gasteiger partial charge in [-0.05, 0) is 19.1 Å². The number of nitrogens with one attached hydrogen (secondary N) is 1. The summed E-state index contributed by atoms with van der Waals surface area (Å²) in [6, 6.07) is 4.56. The van der Waals surface area contributed by atoms with Crippen molar-refractivity contribution in [1.82, 2.24) is 9.97 Å². The van der Waals surface area contributed by atoms with Gasteiger partial charge in [0, 0.05) is 0 Å². The zero-order chi connectivity index (χ0) is 14.8. The highest BCUT2D eigenvalue weighted by molar-refractivity contribution is 6.04. The second-order valence-electron chi connectivity index (χ2n) is 4.04. The van der Waals surface area contributed by atoms with Crippen molar-refractivity contribution in [3.05, 3.63) is 53.5 Å². The predicted molar refractivity (Wildman–Crippen MR) is 66.2 cm³/mol. The Balaban J connectivity index is 2.28. The van der Waals surface area contributed by atoms with Gasteiger partial charge in [0.15, 0.2) is 5.82 Å². The molecule has 0 atom stereocenters. The molecule has 1 aromatic carbocycles. The second kappa shape index (κ2) is 5.28. The Hall–Kier alpha value is -2.44. The first-order valence-electron chi connectivity index (χ1n) is 5.64. The minimum atomic E-state index is -4.59. The van der Waals surface area contributed by atoms with Crippen LogP contribution in [0.25, 0.3) is 0 Å². The van der Waals surface area contributed by atoms with Gasteiger partial charge in [0.25, 0.3) is 5.91 Å². The van der Waals surface area contributed by atoms with Crippen LogP contribution < -0.4 is 5.32 Å². The molecule has 1 heterocycles. The van der Waals surface area contributed by atoms with Gasteiger partial charge in [0.2, 0.25) is 0 Å². The Morgan fingerprint density at radius 2 is 1.85 bits per heavy atom. The van der Waals surface area contributed by atoms with E-state index in [9.17, 15) is 18.0 Å². The van der Waals surface area contributed by atoms with Crippen molar-refractivity contribution in [1.29, 1.82) is 0 Å². The molecule has 4 nitrogen and oxygen atoms in total. The molecule has 0 aliphatic carbocycles. The number of rotatable bonds is 2. The second-order valence-corrected chi connectivity index (χ2v) is 4.04. The van der Waals surface area contributed by atoms with Crippen molar-refractivity contribution in [3.63, 3.8) is 0 Å². The summed E-state index contributed by atoms with van der Waals surface area (Å²) >= 11 is 0. The van der Waals surface area contributed by atoms with E-state index in [-0.39, 0.29) is 5.82 Å². The van der Waals surface area contributed by atoms with Crippen LogP contribution in [0.1, 0.15) is 21.6 Å². The molecule has 0 unspecified atom stereocenters. The van der Waals surface area contributed by atoms with Crippen LogP contribution in [0.2, 0.25) is 0 Å². The third-order valence-corrected chi connectivity index (χ3v) is 2.50. The highest BCUT2D eigenvalue weighted by Gasteiger charge is 2.34. The van der Waals surface area contributed by atoms with E-state index in [0.29, 0.717) is 5.69 Å². The van der Waals surface area contributed by atoms with Crippen LogP contribution in [0.3, 0.4) is 0 Å². The number of alkyl halides is 3. The maximum atomic E-state index is 12.8. The van der Waals surface area contributed by atoms with Crippen LogP contribution in [-0.2, 0) is 6.18 Å². The molecule has 20 heavy (non-hydrogen) atoms. The number of anilines is 1. The summed E-state index contributed by atoms with van der Waals surface area (Å²) in [6.07, 6.45) is -1.90. The first kappa shape index (κ1) is 14.0. The maximum absolute atomic E-state index is 12.8. The summed E-state index contributed by atoms with van der Waals surface area (Å²) in [6.45, 7) is 1.71. The quantitative estimate of drug-likeness (QED) is 0.920. The van der Waals surface area contributed by atoms with Gasteiger partial charge in [-0.3, -0.25) is 9.78 Å². The van der Waals surface area contributed by atoms with E-state index in [1.165, 1.54) is 24.5 Å². The molecule has 0 bridgehead atoms. The van der Waals surface area contributed by atoms with Gasteiger partial charge < -0.3 is 5.32 Å². The SMILES string of the molecule is Cc1cnc(NC(=O)c2ccccc2C(F)(F)F)cn1. The zero-order valence-electron chi connectivity index (χ0n) is 10.4. The van der Waals surface area contributed by atoms with Crippen molar-refractivity contribution in [2.75, 3.05) is 5.32 Å². The number of nitrogens with zero attached hydrogens (tertiary/aromatic N) is 2. The molecule has 2 rings (SSSR count). The molecule has 0 spiro atoms. The number of amides is 1. The number of hydrogen-bond acceptors (Lipinski definition) is 3. The van der Waals surface area contributed by atoms with E-state index >= 15 is 0 Å². The molecule has 0 fully saturated rings. The molecule has 104 valence electrons. The van der Waals surface area contributed by atoms with Gasteiger partial charge >= 0.3 is 6.18 Å². The molecule has 1 N–H and O–H groups in total. The monoisotopic (exact) mass is 281 g/mol. The maximum Gasteiger partial charge on any atom is 0.417 e. The summed E-state index contributed by atoms with van der Waals surface area (Å²) in [5, 5.41) is 2.29. The van der Waals surface area contributed by atoms with Crippen molar-refractivity contribution < 1.29 is 18.0 Å². The Kier molecular flexibility index (Phi) is 3.69. The zero-order valence-corrected chi connectivity index (χ0v) is 10.4. The predicted octanol–water partition coefficient (Wildman–Crippen LogP) is 3.06. The van der Waals surface area contributed by atoms with Gasteiger partial charge in [-0.1, -0.05) is 12.1 Å². The fourth-order valence-electron chi connectivity index (χ4n) is 1.57. The van der Waals surface area contributed by atoms with E-state index in [1.54, 1.807) is 6.92 Å². The molecule has 1 aromatic heterocycles. The topological polar surface area (TPSA) is 54.9 Å². The third kappa shape index (κ3) is 3.11. The lowest BCUT2D eigenvalue weighted by Crippen LogP contribution is -2.19. The Labute approximate surface area is 112 Å². The average molecular weight is 281 g/mol. The van der Waals surface area contributed by atoms with Crippen LogP contribution >= 0.6 is 0 Å². The minimum Gasteiger partial charge on any atom is -0.305 e. The van der Waals surface area contributed by atoms with E-state index in [4.69, 9.17) is 0 Å². The molecule has 1 amide bonds. The van der Waals surface area contributed by atoms with Gasteiger partial charge in [-0.15, -0.1) is 0 Å². The number of carbonyl (C=O) groups excluding carboxylic acids is 1. The molecule has 0 saturated heterocycles. The van der Waals surface area contributed by atoms with Crippen molar-refractivity contribution in [2.45, 2.75) is 13.1 Å². The van der Waals surface area contributed by atoms with E-state index in [1.807, 2.05) is 0 Å². The number of halogens is 3. The molecule has 0 aliphatic heterocycles. The largest absolute Gasteiger partial charge is 0.417 e. The first-order chi connectivity index (χ1) is 9.38. The van der Waals surface area contributed by atoms with Gasteiger partial charge in [-0.2, -0.15) is 13.2 Å². The fraction of sp³-hybridized carbons (Fsp3) is 0.154. The molecule has 2 aromatic rings. The number of aromatic nitrogens is 2. The summed E-state index contributed by atoms with van der Waals surface area (Å²) < 4.78 is 38.4. The number of aryl methyl sites for hydroxylation is 1. The normalized spacial score (nSPS) is 11.2. The number of hydrogen-bond donors (Lipinski definition) is 1. The van der Waals surface area contributed by atoms with Crippen LogP contribution in [0, 0.1) is 6.92 Å². The smallest absolute Gasteiger partial charge is 0.305 e. The number of benzene rings is 1. The molecule has 0 aliphatic rings. The molecular weight excluding hydrogens is 271 g/mol. The Bertz CT molecular complexity index is 624. The van der Waals surface area contributed by atoms with E-state index in [0.717, 1.165) is 12.1 Å². The lowest BCUT2D eigenvalue weighted by atomic mass is 10.1. The summed E-state index contributed by atoms with van der Waals surface area (Å²) in [7, 11) is 0. The van der Waals surface area contributed by atoms with Gasteiger partial charge in [0.1, 0.15) is 0 Å². The number of carbonyl (C=O) groups is 1. The van der Waals surface area contributed by atoms with Crippen LogP contribution in [0.15, 0.2) is 36.7 Å². The van der Waals surface area contributed by atoms with Crippen LogP contribution in [0.5, 0.6) is 0 Å². The summed E-state index contributed by atoms with van der Waals surface area (Å²) in [5.41, 5.74) is -0.807. The summed E-state index contributed by atoms with van der Waals surface area (Å²) in [4.78, 5) is 19.6. The third-order valence-electron chi connectivity index (χ3n) is 2.50. The van der Waals surface area contributed by atoms with E-state index < -0.39 is 23.2 Å². The van der Waals surface area contributed by atoms with Crippen LogP contribution in [-0.4, -0.2) is 15.9 Å². The van der Waals surface area contributed by atoms with Gasteiger partial charge in [0.05, 0.1) is 29.2 Å². The lowest BCUT2D eigenvalue weighted by molar-refractivity contribution is -0.137. The highest BCUT2D eigenvalue weighted by Crippen LogP contribution is 2.32. The summed E-state index contributed by atoms with van der Waals surface area (Å²) in [5.74, 6) is -0.784.